The summed E-state index contributed by atoms with van der Waals surface area (Å²) in [6.07, 6.45) is 5.60. The molecule has 0 aliphatic rings. The number of nitrogens with zero attached hydrogens (tertiary/aromatic N) is 3. The first-order valence-electron chi connectivity index (χ1n) is 6.61. The molecule has 4 nitrogen and oxygen atoms in total. The summed E-state index contributed by atoms with van der Waals surface area (Å²) in [4.78, 5) is 4.45. The number of aryl methyl sites for hydroxylation is 1. The average molecular weight is 256 g/mol. The Bertz CT molecular complexity index is 604. The molecule has 2 rings (SSSR count). The molecule has 2 N–H and O–H groups in total. The van der Waals surface area contributed by atoms with Crippen molar-refractivity contribution in [2.45, 2.75) is 33.2 Å². The van der Waals surface area contributed by atoms with Crippen LogP contribution in [0.4, 0.5) is 0 Å². The van der Waals surface area contributed by atoms with E-state index in [-0.39, 0.29) is 5.41 Å². The maximum atomic E-state index is 9.08. The van der Waals surface area contributed by atoms with Crippen molar-refractivity contribution in [3.8, 4) is 6.07 Å². The number of fused-ring (bicyclic) bond motifs is 1. The predicted octanol–water partition coefficient (Wildman–Crippen LogP) is 2.48. The Kier molecular flexibility index (Phi) is 3.87. The topological polar surface area (TPSA) is 67.6 Å². The molecule has 100 valence electrons. The van der Waals surface area contributed by atoms with Gasteiger partial charge < -0.3 is 10.3 Å². The molecule has 0 unspecified atom stereocenters. The van der Waals surface area contributed by atoms with Gasteiger partial charge in [-0.2, -0.15) is 5.26 Å². The van der Waals surface area contributed by atoms with Gasteiger partial charge in [-0.05, 0) is 50.9 Å². The third-order valence-corrected chi connectivity index (χ3v) is 3.41. The summed E-state index contributed by atoms with van der Waals surface area (Å²) in [5.41, 5.74) is 7.57. The van der Waals surface area contributed by atoms with Gasteiger partial charge in [-0.3, -0.25) is 0 Å². The molecule has 0 saturated carbocycles. The highest BCUT2D eigenvalue weighted by atomic mass is 15.0. The van der Waals surface area contributed by atoms with Crippen LogP contribution < -0.4 is 5.73 Å². The minimum absolute atomic E-state index is 0.306. The second-order valence-corrected chi connectivity index (χ2v) is 5.51. The van der Waals surface area contributed by atoms with Crippen molar-refractivity contribution >= 4 is 11.0 Å². The Morgan fingerprint density at radius 1 is 1.47 bits per heavy atom. The fraction of sp³-hybridized carbons (Fsp3) is 0.467. The molecule has 0 atom stereocenters. The molecule has 0 aromatic carbocycles. The van der Waals surface area contributed by atoms with Gasteiger partial charge in [0.1, 0.15) is 5.65 Å². The number of hydrogen-bond donors (Lipinski definition) is 1. The van der Waals surface area contributed by atoms with Crippen molar-refractivity contribution in [2.24, 2.45) is 11.1 Å². The summed E-state index contributed by atoms with van der Waals surface area (Å²) < 4.78 is 2.14. The van der Waals surface area contributed by atoms with E-state index in [2.05, 4.69) is 27.9 Å². The van der Waals surface area contributed by atoms with Crippen LogP contribution in [0.3, 0.4) is 0 Å². The second-order valence-electron chi connectivity index (χ2n) is 5.51. The third kappa shape index (κ3) is 2.94. The molecule has 0 aliphatic carbocycles. The molecule has 4 heteroatoms. The van der Waals surface area contributed by atoms with E-state index < -0.39 is 0 Å². The van der Waals surface area contributed by atoms with Crippen LogP contribution in [0.25, 0.3) is 11.0 Å². The number of pyridine rings is 1. The van der Waals surface area contributed by atoms with Gasteiger partial charge >= 0.3 is 0 Å². The number of rotatable bonds is 5. The third-order valence-electron chi connectivity index (χ3n) is 3.41. The molecular weight excluding hydrogens is 236 g/mol. The van der Waals surface area contributed by atoms with E-state index in [4.69, 9.17) is 11.0 Å². The Morgan fingerprint density at radius 2 is 2.26 bits per heavy atom. The monoisotopic (exact) mass is 256 g/mol. The molecule has 0 bridgehead atoms. The van der Waals surface area contributed by atoms with E-state index in [1.165, 1.54) is 10.9 Å². The summed E-state index contributed by atoms with van der Waals surface area (Å²) in [5, 5.41) is 10.3. The number of hydrogen-bond acceptors (Lipinski definition) is 3. The van der Waals surface area contributed by atoms with Gasteiger partial charge in [0.05, 0.1) is 11.5 Å². The zero-order valence-electron chi connectivity index (χ0n) is 11.6. The fourth-order valence-corrected chi connectivity index (χ4v) is 2.18. The molecule has 0 saturated heterocycles. The van der Waals surface area contributed by atoms with E-state index in [1.54, 1.807) is 6.20 Å². The van der Waals surface area contributed by atoms with Crippen molar-refractivity contribution in [3.05, 3.63) is 30.1 Å². The van der Waals surface area contributed by atoms with Crippen molar-refractivity contribution in [1.82, 2.24) is 9.55 Å². The standard InChI is InChI=1S/C15H20N4/c1-15(2,11-17)6-9-19-10-12(5-7-16)13-4-3-8-18-14(13)19/h3-4,8,10H,5-7,9,16H2,1-2H3. The van der Waals surface area contributed by atoms with Crippen LogP contribution in [-0.4, -0.2) is 16.1 Å². The highest BCUT2D eigenvalue weighted by Gasteiger charge is 2.17. The zero-order chi connectivity index (χ0) is 13.9. The molecule has 2 aromatic heterocycles. The Hall–Kier alpha value is -1.86. The van der Waals surface area contributed by atoms with Crippen LogP contribution in [0.15, 0.2) is 24.5 Å². The molecule has 2 heterocycles. The van der Waals surface area contributed by atoms with Gasteiger partial charge in [-0.1, -0.05) is 0 Å². The molecule has 0 fully saturated rings. The van der Waals surface area contributed by atoms with Crippen LogP contribution in [0.1, 0.15) is 25.8 Å². The Balaban J connectivity index is 2.31. The lowest BCUT2D eigenvalue weighted by molar-refractivity contribution is 0.416. The first kappa shape index (κ1) is 13.6. The molecule has 2 aromatic rings. The first-order valence-corrected chi connectivity index (χ1v) is 6.61. The Labute approximate surface area is 113 Å². The van der Waals surface area contributed by atoms with Gasteiger partial charge in [0.25, 0.3) is 0 Å². The summed E-state index contributed by atoms with van der Waals surface area (Å²) in [7, 11) is 0. The lowest BCUT2D eigenvalue weighted by atomic mass is 9.91. The smallest absolute Gasteiger partial charge is 0.140 e. The van der Waals surface area contributed by atoms with E-state index in [0.29, 0.717) is 6.54 Å². The lowest BCUT2D eigenvalue weighted by Gasteiger charge is -2.15. The Morgan fingerprint density at radius 3 is 2.95 bits per heavy atom. The molecule has 0 spiro atoms. The highest BCUT2D eigenvalue weighted by Crippen LogP contribution is 2.24. The van der Waals surface area contributed by atoms with Gasteiger partial charge in [0.2, 0.25) is 0 Å². The van der Waals surface area contributed by atoms with Gasteiger partial charge in [-0.25, -0.2) is 4.98 Å². The van der Waals surface area contributed by atoms with Crippen LogP contribution >= 0.6 is 0 Å². The van der Waals surface area contributed by atoms with E-state index in [9.17, 15) is 0 Å². The van der Waals surface area contributed by atoms with Crippen molar-refractivity contribution in [1.29, 1.82) is 5.26 Å². The largest absolute Gasteiger partial charge is 0.332 e. The number of aromatic nitrogens is 2. The average Bonchev–Trinajstić information content (AvgIpc) is 2.76. The molecule has 0 aliphatic heterocycles. The van der Waals surface area contributed by atoms with Crippen LogP contribution in [0.2, 0.25) is 0 Å². The van der Waals surface area contributed by atoms with E-state index in [1.807, 2.05) is 19.9 Å². The first-order chi connectivity index (χ1) is 9.07. The van der Waals surface area contributed by atoms with Crippen LogP contribution in [-0.2, 0) is 13.0 Å². The maximum absolute atomic E-state index is 9.08. The van der Waals surface area contributed by atoms with E-state index in [0.717, 1.165) is 25.0 Å². The van der Waals surface area contributed by atoms with Gasteiger partial charge in [-0.15, -0.1) is 0 Å². The second kappa shape index (κ2) is 5.41. The SMILES string of the molecule is CC(C)(C#N)CCn1cc(CCN)c2cccnc21. The van der Waals surface area contributed by atoms with E-state index >= 15 is 0 Å². The maximum Gasteiger partial charge on any atom is 0.140 e. The van der Waals surface area contributed by atoms with Crippen molar-refractivity contribution in [2.75, 3.05) is 6.54 Å². The lowest BCUT2D eigenvalue weighted by Crippen LogP contribution is -2.12. The quantitative estimate of drug-likeness (QED) is 0.893. The minimum Gasteiger partial charge on any atom is -0.332 e. The summed E-state index contributed by atoms with van der Waals surface area (Å²) in [5.74, 6) is 0. The summed E-state index contributed by atoms with van der Waals surface area (Å²) in [6.45, 7) is 5.37. The summed E-state index contributed by atoms with van der Waals surface area (Å²) in [6, 6.07) is 6.37. The molecule has 0 amide bonds. The minimum atomic E-state index is -0.306. The normalized spacial score (nSPS) is 11.7. The predicted molar refractivity (Wildman–Crippen MR) is 76.5 cm³/mol. The highest BCUT2D eigenvalue weighted by molar-refractivity contribution is 5.80. The van der Waals surface area contributed by atoms with Gasteiger partial charge in [0, 0.05) is 24.3 Å². The molecular formula is C15H20N4. The van der Waals surface area contributed by atoms with Crippen LogP contribution in [0, 0.1) is 16.7 Å². The molecule has 0 radical (unpaired) electrons. The van der Waals surface area contributed by atoms with Crippen LogP contribution in [0.5, 0.6) is 0 Å². The number of nitrogens with two attached hydrogens (primary N) is 1. The van der Waals surface area contributed by atoms with Crippen molar-refractivity contribution in [3.63, 3.8) is 0 Å². The fourth-order valence-electron chi connectivity index (χ4n) is 2.18. The molecule has 19 heavy (non-hydrogen) atoms. The zero-order valence-corrected chi connectivity index (χ0v) is 11.6. The summed E-state index contributed by atoms with van der Waals surface area (Å²) >= 11 is 0. The van der Waals surface area contributed by atoms with Gasteiger partial charge in [0.15, 0.2) is 0 Å². The number of nitriles is 1. The van der Waals surface area contributed by atoms with Crippen molar-refractivity contribution < 1.29 is 0 Å².